The minimum Gasteiger partial charge on any atom is -0.467 e. The highest BCUT2D eigenvalue weighted by molar-refractivity contribution is 6.30. The fraction of sp³-hybridized carbons (Fsp3) is 0.100. The van der Waals surface area contributed by atoms with Crippen molar-refractivity contribution in [1.29, 1.82) is 0 Å². The van der Waals surface area contributed by atoms with Crippen LogP contribution in [0, 0.1) is 0 Å². The van der Waals surface area contributed by atoms with Crippen LogP contribution in [0.15, 0.2) is 24.3 Å². The second-order valence-electron chi connectivity index (χ2n) is 3.02. The summed E-state index contributed by atoms with van der Waals surface area (Å²) in [6.45, 7) is 0. The number of methoxy groups -OCH3 is 1. The van der Waals surface area contributed by atoms with Gasteiger partial charge in [-0.2, -0.15) is 9.97 Å². The number of hydrogen-bond acceptors (Lipinski definition) is 6. The van der Waals surface area contributed by atoms with E-state index in [1.165, 1.54) is 7.11 Å². The Balaban J connectivity index is 2.26. The van der Waals surface area contributed by atoms with Gasteiger partial charge in [0.05, 0.1) is 7.11 Å². The first-order valence-corrected chi connectivity index (χ1v) is 5.04. The average Bonchev–Trinajstić information content (AvgIpc) is 2.28. The zero-order valence-electron chi connectivity index (χ0n) is 8.92. The zero-order chi connectivity index (χ0) is 12.3. The molecule has 1 aromatic heterocycles. The third-order valence-corrected chi connectivity index (χ3v) is 2.03. The average molecular weight is 253 g/mol. The van der Waals surface area contributed by atoms with Crippen LogP contribution in [0.2, 0.25) is 5.02 Å². The number of nitrogen functional groups attached to an aromatic ring is 1. The maximum Gasteiger partial charge on any atom is 0.330 e. The van der Waals surface area contributed by atoms with Crippen LogP contribution in [-0.2, 0) is 0 Å². The second kappa shape index (κ2) is 4.84. The molecule has 7 heteroatoms. The fourth-order valence-electron chi connectivity index (χ4n) is 1.13. The minimum absolute atomic E-state index is 0.0221. The summed E-state index contributed by atoms with van der Waals surface area (Å²) >= 11 is 5.82. The van der Waals surface area contributed by atoms with E-state index in [4.69, 9.17) is 26.8 Å². The van der Waals surface area contributed by atoms with Crippen molar-refractivity contribution in [3.63, 3.8) is 0 Å². The molecule has 2 rings (SSSR count). The van der Waals surface area contributed by atoms with Gasteiger partial charge >= 0.3 is 12.0 Å². The second-order valence-corrected chi connectivity index (χ2v) is 3.46. The molecular weight excluding hydrogens is 244 g/mol. The zero-order valence-corrected chi connectivity index (χ0v) is 9.68. The van der Waals surface area contributed by atoms with Gasteiger partial charge in [-0.3, -0.25) is 0 Å². The molecule has 17 heavy (non-hydrogen) atoms. The van der Waals surface area contributed by atoms with Crippen LogP contribution >= 0.6 is 11.6 Å². The van der Waals surface area contributed by atoms with E-state index in [9.17, 15) is 0 Å². The van der Waals surface area contributed by atoms with Crippen LogP contribution in [0.5, 0.6) is 17.8 Å². The summed E-state index contributed by atoms with van der Waals surface area (Å²) in [4.78, 5) is 11.4. The monoisotopic (exact) mass is 252 g/mol. The lowest BCUT2D eigenvalue weighted by atomic mass is 10.3. The fourth-order valence-corrected chi connectivity index (χ4v) is 1.31. The molecule has 1 heterocycles. The Morgan fingerprint density at radius 1 is 1.18 bits per heavy atom. The summed E-state index contributed by atoms with van der Waals surface area (Å²) < 4.78 is 10.2. The maximum absolute atomic E-state index is 5.82. The highest BCUT2D eigenvalue weighted by atomic mass is 35.5. The third-order valence-electron chi connectivity index (χ3n) is 1.80. The van der Waals surface area contributed by atoms with Gasteiger partial charge in [-0.05, 0) is 18.2 Å². The summed E-state index contributed by atoms with van der Waals surface area (Å²) in [7, 11) is 1.43. The Morgan fingerprint density at radius 3 is 2.65 bits per heavy atom. The van der Waals surface area contributed by atoms with Gasteiger partial charge in [0.1, 0.15) is 5.75 Å². The minimum atomic E-state index is 0.0221. The molecule has 2 N–H and O–H groups in total. The van der Waals surface area contributed by atoms with Crippen LogP contribution in [0.1, 0.15) is 0 Å². The SMILES string of the molecule is COc1nc(N)nc(Oc2cccc(Cl)c2)n1. The van der Waals surface area contributed by atoms with Gasteiger partial charge in [-0.1, -0.05) is 17.7 Å². The number of benzene rings is 1. The van der Waals surface area contributed by atoms with E-state index < -0.39 is 0 Å². The number of nitrogens with zero attached hydrogens (tertiary/aromatic N) is 3. The van der Waals surface area contributed by atoms with Gasteiger partial charge in [0.15, 0.2) is 0 Å². The molecule has 0 aliphatic heterocycles. The Hall–Kier alpha value is -2.08. The third kappa shape index (κ3) is 2.94. The molecule has 0 amide bonds. The molecule has 1 aromatic carbocycles. The van der Waals surface area contributed by atoms with Gasteiger partial charge in [-0.25, -0.2) is 0 Å². The van der Waals surface area contributed by atoms with Crippen molar-refractivity contribution in [2.75, 3.05) is 12.8 Å². The lowest BCUT2D eigenvalue weighted by molar-refractivity contribution is 0.360. The van der Waals surface area contributed by atoms with Crippen LogP contribution in [0.4, 0.5) is 5.95 Å². The first kappa shape index (κ1) is 11.4. The van der Waals surface area contributed by atoms with Gasteiger partial charge in [-0.15, -0.1) is 4.98 Å². The Morgan fingerprint density at radius 2 is 1.94 bits per heavy atom. The molecule has 88 valence electrons. The molecule has 0 unspecified atom stereocenters. The summed E-state index contributed by atoms with van der Waals surface area (Å²) in [5.41, 5.74) is 5.47. The van der Waals surface area contributed by atoms with Gasteiger partial charge in [0.25, 0.3) is 0 Å². The van der Waals surface area contributed by atoms with E-state index in [0.717, 1.165) is 0 Å². The van der Waals surface area contributed by atoms with Gasteiger partial charge in [0, 0.05) is 5.02 Å². The predicted molar refractivity (Wildman–Crippen MR) is 62.3 cm³/mol. The number of ether oxygens (including phenoxy) is 2. The molecule has 0 atom stereocenters. The lowest BCUT2D eigenvalue weighted by Crippen LogP contribution is -2.02. The highest BCUT2D eigenvalue weighted by Gasteiger charge is 2.06. The van der Waals surface area contributed by atoms with Crippen LogP contribution in [0.3, 0.4) is 0 Å². The largest absolute Gasteiger partial charge is 0.467 e. The molecule has 0 aliphatic rings. The summed E-state index contributed by atoms with van der Waals surface area (Å²) in [6, 6.07) is 6.98. The van der Waals surface area contributed by atoms with E-state index >= 15 is 0 Å². The molecule has 0 saturated heterocycles. The first-order valence-electron chi connectivity index (χ1n) is 4.66. The van der Waals surface area contributed by atoms with Crippen molar-refractivity contribution in [3.8, 4) is 17.8 Å². The van der Waals surface area contributed by atoms with Crippen molar-refractivity contribution in [2.24, 2.45) is 0 Å². The Bertz CT molecular complexity index is 535. The topological polar surface area (TPSA) is 83.2 Å². The standard InChI is InChI=1S/C10H9ClN4O2/c1-16-9-13-8(12)14-10(15-9)17-7-4-2-3-6(11)5-7/h2-5H,1H3,(H2,12,13,14,15). The first-order chi connectivity index (χ1) is 8.17. The van der Waals surface area contributed by atoms with Crippen molar-refractivity contribution >= 4 is 17.5 Å². The summed E-state index contributed by atoms with van der Waals surface area (Å²) in [6.07, 6.45) is 0. The van der Waals surface area contributed by atoms with Crippen molar-refractivity contribution in [1.82, 2.24) is 15.0 Å². The number of hydrogen-bond donors (Lipinski definition) is 1. The number of halogens is 1. The van der Waals surface area contributed by atoms with Gasteiger partial charge in [0.2, 0.25) is 5.95 Å². The smallest absolute Gasteiger partial charge is 0.330 e. The molecule has 0 spiro atoms. The quantitative estimate of drug-likeness (QED) is 0.898. The summed E-state index contributed by atoms with van der Waals surface area (Å²) in [5.74, 6) is 0.527. The molecular formula is C10H9ClN4O2. The Kier molecular flexibility index (Phi) is 3.24. The number of nitrogens with two attached hydrogens (primary N) is 1. The molecule has 0 bridgehead atoms. The van der Waals surface area contributed by atoms with Crippen molar-refractivity contribution in [2.45, 2.75) is 0 Å². The van der Waals surface area contributed by atoms with Crippen LogP contribution in [-0.4, -0.2) is 22.1 Å². The predicted octanol–water partition coefficient (Wildman–Crippen LogP) is 1.91. The molecule has 2 aromatic rings. The number of rotatable bonds is 3. The van der Waals surface area contributed by atoms with Crippen molar-refractivity contribution < 1.29 is 9.47 Å². The number of aromatic nitrogens is 3. The molecule has 0 aliphatic carbocycles. The van der Waals surface area contributed by atoms with Crippen LogP contribution < -0.4 is 15.2 Å². The van der Waals surface area contributed by atoms with Gasteiger partial charge < -0.3 is 15.2 Å². The van der Waals surface area contributed by atoms with E-state index in [0.29, 0.717) is 10.8 Å². The van der Waals surface area contributed by atoms with E-state index in [1.807, 2.05) is 0 Å². The van der Waals surface area contributed by atoms with E-state index in [2.05, 4.69) is 15.0 Å². The molecule has 0 saturated carbocycles. The maximum atomic E-state index is 5.82. The van der Waals surface area contributed by atoms with E-state index in [-0.39, 0.29) is 18.0 Å². The lowest BCUT2D eigenvalue weighted by Gasteiger charge is -2.05. The number of anilines is 1. The Labute approximate surface area is 102 Å². The summed E-state index contributed by atoms with van der Waals surface area (Å²) in [5, 5.41) is 0.552. The molecule has 0 radical (unpaired) electrons. The highest BCUT2D eigenvalue weighted by Crippen LogP contribution is 2.22. The van der Waals surface area contributed by atoms with Crippen LogP contribution in [0.25, 0.3) is 0 Å². The van der Waals surface area contributed by atoms with Crippen molar-refractivity contribution in [3.05, 3.63) is 29.3 Å². The molecule has 6 nitrogen and oxygen atoms in total. The van der Waals surface area contributed by atoms with E-state index in [1.54, 1.807) is 24.3 Å². The normalized spacial score (nSPS) is 10.0. The molecule has 0 fully saturated rings.